The van der Waals surface area contributed by atoms with Crippen molar-refractivity contribution in [3.8, 4) is 0 Å². The summed E-state index contributed by atoms with van der Waals surface area (Å²) in [6, 6.07) is 5.71. The number of hydrogen-bond acceptors (Lipinski definition) is 5. The van der Waals surface area contributed by atoms with E-state index in [-0.39, 0.29) is 29.8 Å². The van der Waals surface area contributed by atoms with E-state index in [0.717, 1.165) is 25.7 Å². The summed E-state index contributed by atoms with van der Waals surface area (Å²) in [5, 5.41) is 0. The first-order chi connectivity index (χ1) is 10.8. The van der Waals surface area contributed by atoms with Gasteiger partial charge in [0.15, 0.2) is 0 Å². The minimum atomic E-state index is -3.69. The molecule has 0 bridgehead atoms. The van der Waals surface area contributed by atoms with Gasteiger partial charge in [-0.05, 0) is 43.0 Å². The molecule has 0 aliphatic heterocycles. The van der Waals surface area contributed by atoms with E-state index in [2.05, 4.69) is 9.46 Å². The SMILES string of the molecule is COC(=O)c1ccc(S(=O)(=O)NC2(CN)CCCCC2C)cc1.Cl. The van der Waals surface area contributed by atoms with Gasteiger partial charge < -0.3 is 10.5 Å². The van der Waals surface area contributed by atoms with Crippen LogP contribution >= 0.6 is 12.4 Å². The van der Waals surface area contributed by atoms with Crippen LogP contribution in [0.2, 0.25) is 0 Å². The first-order valence-corrected chi connectivity index (χ1v) is 9.25. The van der Waals surface area contributed by atoms with E-state index in [1.807, 2.05) is 6.92 Å². The van der Waals surface area contributed by atoms with E-state index in [0.29, 0.717) is 5.56 Å². The van der Waals surface area contributed by atoms with Crippen LogP contribution in [-0.4, -0.2) is 33.6 Å². The van der Waals surface area contributed by atoms with E-state index in [9.17, 15) is 13.2 Å². The number of carbonyl (C=O) groups is 1. The van der Waals surface area contributed by atoms with Gasteiger partial charge in [-0.1, -0.05) is 19.8 Å². The predicted molar refractivity (Wildman–Crippen MR) is 94.8 cm³/mol. The lowest BCUT2D eigenvalue weighted by Crippen LogP contribution is -2.58. The van der Waals surface area contributed by atoms with Crippen LogP contribution in [0.3, 0.4) is 0 Å². The number of carbonyl (C=O) groups excluding carboxylic acids is 1. The van der Waals surface area contributed by atoms with Crippen LogP contribution < -0.4 is 10.5 Å². The van der Waals surface area contributed by atoms with E-state index in [4.69, 9.17) is 5.73 Å². The second-order valence-electron chi connectivity index (χ2n) is 6.13. The van der Waals surface area contributed by atoms with Crippen LogP contribution in [0.1, 0.15) is 43.0 Å². The van der Waals surface area contributed by atoms with E-state index >= 15 is 0 Å². The number of rotatable bonds is 5. The number of halogens is 1. The standard InChI is InChI=1S/C16H24N2O4S.ClH/c1-12-5-3-4-10-16(12,11-17)18-23(20,21)14-8-6-13(7-9-14)15(19)22-2;/h6-9,12,18H,3-5,10-11,17H2,1-2H3;1H. The molecule has 2 atom stereocenters. The van der Waals surface area contributed by atoms with Crippen molar-refractivity contribution in [3.05, 3.63) is 29.8 Å². The first-order valence-electron chi connectivity index (χ1n) is 7.77. The molecule has 0 amide bonds. The maximum absolute atomic E-state index is 12.7. The molecule has 1 aromatic rings. The highest BCUT2D eigenvalue weighted by Gasteiger charge is 2.40. The topological polar surface area (TPSA) is 98.5 Å². The molecule has 0 aromatic heterocycles. The zero-order valence-corrected chi connectivity index (χ0v) is 15.6. The lowest BCUT2D eigenvalue weighted by Gasteiger charge is -2.42. The third-order valence-corrected chi connectivity index (χ3v) is 6.31. The minimum Gasteiger partial charge on any atom is -0.465 e. The Hall–Kier alpha value is -1.15. The largest absolute Gasteiger partial charge is 0.465 e. The fraction of sp³-hybridized carbons (Fsp3) is 0.562. The summed E-state index contributed by atoms with van der Waals surface area (Å²) in [5.74, 6) is -0.313. The fourth-order valence-corrected chi connectivity index (χ4v) is 4.66. The van der Waals surface area contributed by atoms with Gasteiger partial charge in [0, 0.05) is 12.1 Å². The zero-order valence-electron chi connectivity index (χ0n) is 13.9. The average molecular weight is 377 g/mol. The van der Waals surface area contributed by atoms with Gasteiger partial charge in [0.1, 0.15) is 0 Å². The van der Waals surface area contributed by atoms with Crippen LogP contribution in [0.5, 0.6) is 0 Å². The van der Waals surface area contributed by atoms with Crippen molar-refractivity contribution in [1.29, 1.82) is 0 Å². The second kappa shape index (κ2) is 8.29. The van der Waals surface area contributed by atoms with Crippen molar-refractivity contribution in [2.24, 2.45) is 11.7 Å². The van der Waals surface area contributed by atoms with Gasteiger partial charge in [0.05, 0.1) is 17.6 Å². The molecule has 1 aliphatic rings. The molecule has 2 rings (SSSR count). The van der Waals surface area contributed by atoms with Gasteiger partial charge in [-0.2, -0.15) is 0 Å². The number of ether oxygens (including phenoxy) is 1. The summed E-state index contributed by atoms with van der Waals surface area (Å²) >= 11 is 0. The monoisotopic (exact) mass is 376 g/mol. The Morgan fingerprint density at radius 2 is 1.96 bits per heavy atom. The lowest BCUT2D eigenvalue weighted by molar-refractivity contribution is 0.0600. The Morgan fingerprint density at radius 3 is 2.46 bits per heavy atom. The molecular weight excluding hydrogens is 352 g/mol. The molecule has 1 saturated carbocycles. The fourth-order valence-electron chi connectivity index (χ4n) is 3.12. The number of hydrogen-bond donors (Lipinski definition) is 2. The van der Waals surface area contributed by atoms with Crippen LogP contribution in [0.25, 0.3) is 0 Å². The Bertz CT molecular complexity index is 663. The molecule has 6 nitrogen and oxygen atoms in total. The minimum absolute atomic E-state index is 0. The summed E-state index contributed by atoms with van der Waals surface area (Å²) < 4.78 is 32.8. The molecule has 1 aromatic carbocycles. The maximum Gasteiger partial charge on any atom is 0.337 e. The summed E-state index contributed by atoms with van der Waals surface area (Å²) in [6.07, 6.45) is 3.76. The molecule has 0 spiro atoms. The highest BCUT2D eigenvalue weighted by molar-refractivity contribution is 7.89. The van der Waals surface area contributed by atoms with E-state index in [1.54, 1.807) is 0 Å². The average Bonchev–Trinajstić information content (AvgIpc) is 2.56. The van der Waals surface area contributed by atoms with Crippen LogP contribution in [0.15, 0.2) is 29.2 Å². The number of methoxy groups -OCH3 is 1. The third-order valence-electron chi connectivity index (χ3n) is 4.74. The van der Waals surface area contributed by atoms with Gasteiger partial charge in [0.25, 0.3) is 0 Å². The van der Waals surface area contributed by atoms with Crippen molar-refractivity contribution >= 4 is 28.4 Å². The molecule has 0 saturated heterocycles. The third kappa shape index (κ3) is 4.27. The molecule has 136 valence electrons. The van der Waals surface area contributed by atoms with Crippen molar-refractivity contribution < 1.29 is 17.9 Å². The van der Waals surface area contributed by atoms with Crippen molar-refractivity contribution in [2.75, 3.05) is 13.7 Å². The van der Waals surface area contributed by atoms with Crippen molar-refractivity contribution in [3.63, 3.8) is 0 Å². The number of nitrogens with one attached hydrogen (secondary N) is 1. The van der Waals surface area contributed by atoms with Crippen molar-refractivity contribution in [1.82, 2.24) is 4.72 Å². The normalized spacial score (nSPS) is 24.0. The molecule has 0 heterocycles. The molecule has 1 fully saturated rings. The Balaban J connectivity index is 0.00000288. The molecule has 3 N–H and O–H groups in total. The smallest absolute Gasteiger partial charge is 0.337 e. The first kappa shape index (κ1) is 20.9. The predicted octanol–water partition coefficient (Wildman–Crippen LogP) is 2.08. The van der Waals surface area contributed by atoms with E-state index in [1.165, 1.54) is 31.4 Å². The van der Waals surface area contributed by atoms with E-state index < -0.39 is 21.5 Å². The summed E-state index contributed by atoms with van der Waals surface area (Å²) in [4.78, 5) is 11.5. The molecule has 2 unspecified atom stereocenters. The molecule has 24 heavy (non-hydrogen) atoms. The highest BCUT2D eigenvalue weighted by atomic mass is 35.5. The van der Waals surface area contributed by atoms with Crippen LogP contribution in [0, 0.1) is 5.92 Å². The summed E-state index contributed by atoms with van der Waals surface area (Å²) in [7, 11) is -2.41. The number of sulfonamides is 1. The van der Waals surface area contributed by atoms with Crippen LogP contribution in [-0.2, 0) is 14.8 Å². The Labute approximate surface area is 149 Å². The number of benzene rings is 1. The molecular formula is C16H25ClN2O4S. The van der Waals surface area contributed by atoms with Gasteiger partial charge in [-0.25, -0.2) is 17.9 Å². The second-order valence-corrected chi connectivity index (χ2v) is 7.81. The van der Waals surface area contributed by atoms with Gasteiger partial charge in [-0.15, -0.1) is 12.4 Å². The van der Waals surface area contributed by atoms with Gasteiger partial charge in [0.2, 0.25) is 10.0 Å². The summed E-state index contributed by atoms with van der Waals surface area (Å²) in [6.45, 7) is 2.31. The summed E-state index contributed by atoms with van der Waals surface area (Å²) in [5.41, 5.74) is 5.62. The quantitative estimate of drug-likeness (QED) is 0.766. The van der Waals surface area contributed by atoms with Gasteiger partial charge >= 0.3 is 5.97 Å². The lowest BCUT2D eigenvalue weighted by atomic mass is 9.74. The van der Waals surface area contributed by atoms with Crippen molar-refractivity contribution in [2.45, 2.75) is 43.0 Å². The number of nitrogens with two attached hydrogens (primary N) is 1. The zero-order chi connectivity index (χ0) is 17.1. The molecule has 1 aliphatic carbocycles. The van der Waals surface area contributed by atoms with Crippen LogP contribution in [0.4, 0.5) is 0 Å². The molecule has 0 radical (unpaired) electrons. The maximum atomic E-state index is 12.7. The highest BCUT2D eigenvalue weighted by Crippen LogP contribution is 2.34. The van der Waals surface area contributed by atoms with Gasteiger partial charge in [-0.3, -0.25) is 0 Å². The number of esters is 1. The Morgan fingerprint density at radius 1 is 1.33 bits per heavy atom. The Kier molecular flexibility index (Phi) is 7.22. The molecule has 8 heteroatoms.